The van der Waals surface area contributed by atoms with E-state index in [4.69, 9.17) is 14.3 Å². The van der Waals surface area contributed by atoms with Crippen LogP contribution in [0.1, 0.15) is 34.9 Å². The van der Waals surface area contributed by atoms with Crippen LogP contribution in [0.2, 0.25) is 0 Å². The van der Waals surface area contributed by atoms with Crippen molar-refractivity contribution >= 4 is 11.4 Å². The van der Waals surface area contributed by atoms with Crippen molar-refractivity contribution in [3.05, 3.63) is 77.2 Å². The molecule has 0 N–H and O–H groups in total. The third kappa shape index (κ3) is 3.07. The molecule has 3 aromatic rings. The van der Waals surface area contributed by atoms with Crippen molar-refractivity contribution in [2.45, 2.75) is 25.7 Å². The van der Waals surface area contributed by atoms with E-state index in [1.165, 1.54) is 5.56 Å². The van der Waals surface area contributed by atoms with E-state index in [0.29, 0.717) is 5.92 Å². The van der Waals surface area contributed by atoms with Crippen molar-refractivity contribution in [3.63, 3.8) is 0 Å². The van der Waals surface area contributed by atoms with Gasteiger partial charge >= 0.3 is 0 Å². The molecule has 4 rings (SSSR count). The first-order valence-electron chi connectivity index (χ1n) is 8.46. The highest BCUT2D eigenvalue weighted by Crippen LogP contribution is 2.36. The second kappa shape index (κ2) is 6.55. The Labute approximate surface area is 147 Å². The number of fused-ring (bicyclic) bond motifs is 1. The molecule has 1 aliphatic heterocycles. The zero-order valence-corrected chi connectivity index (χ0v) is 14.4. The van der Waals surface area contributed by atoms with Gasteiger partial charge < -0.3 is 9.26 Å². The summed E-state index contributed by atoms with van der Waals surface area (Å²) in [4.78, 5) is 4.92. The number of aliphatic imine (C=N–C) groups is 1. The van der Waals surface area contributed by atoms with E-state index >= 15 is 0 Å². The van der Waals surface area contributed by atoms with Gasteiger partial charge in [-0.2, -0.15) is 0 Å². The number of benzene rings is 2. The number of nitrogens with zero attached hydrogens (tertiary/aromatic N) is 2. The zero-order chi connectivity index (χ0) is 17.2. The topological polar surface area (TPSA) is 47.6 Å². The van der Waals surface area contributed by atoms with E-state index in [-0.39, 0.29) is 0 Å². The third-order valence-electron chi connectivity index (χ3n) is 4.71. The average Bonchev–Trinajstić information content (AvgIpc) is 2.90. The number of ether oxygens (including phenoxy) is 1. The molecule has 0 bridgehead atoms. The maximum absolute atomic E-state index is 5.56. The Morgan fingerprint density at radius 3 is 2.48 bits per heavy atom. The Hall–Kier alpha value is -2.88. The third-order valence-corrected chi connectivity index (χ3v) is 4.71. The number of aryl methyl sites for hydroxylation is 1. The molecule has 25 heavy (non-hydrogen) atoms. The number of hydrogen-bond donors (Lipinski definition) is 0. The highest BCUT2D eigenvalue weighted by atomic mass is 16.5. The van der Waals surface area contributed by atoms with Crippen LogP contribution in [-0.2, 0) is 6.42 Å². The smallest absolute Gasteiger partial charge is 0.163 e. The van der Waals surface area contributed by atoms with Crippen molar-refractivity contribution in [1.82, 2.24) is 5.16 Å². The Kier molecular flexibility index (Phi) is 4.10. The fourth-order valence-corrected chi connectivity index (χ4v) is 3.33. The van der Waals surface area contributed by atoms with Crippen molar-refractivity contribution in [3.8, 4) is 5.75 Å². The number of rotatable bonds is 3. The lowest BCUT2D eigenvalue weighted by molar-refractivity contribution is 0.373. The average molecular weight is 332 g/mol. The quantitative estimate of drug-likeness (QED) is 0.689. The predicted molar refractivity (Wildman–Crippen MR) is 97.9 cm³/mol. The summed E-state index contributed by atoms with van der Waals surface area (Å²) in [6.45, 7) is 1.94. The van der Waals surface area contributed by atoms with Gasteiger partial charge in [0.15, 0.2) is 5.76 Å². The van der Waals surface area contributed by atoms with Crippen LogP contribution in [0.3, 0.4) is 0 Å². The highest BCUT2D eigenvalue weighted by molar-refractivity contribution is 6.03. The minimum Gasteiger partial charge on any atom is -0.497 e. The fraction of sp³-hybridized carbons (Fsp3) is 0.238. The predicted octanol–water partition coefficient (Wildman–Crippen LogP) is 4.84. The van der Waals surface area contributed by atoms with Gasteiger partial charge in [-0.15, -0.1) is 0 Å². The van der Waals surface area contributed by atoms with Crippen LogP contribution in [0.15, 0.2) is 64.1 Å². The summed E-state index contributed by atoms with van der Waals surface area (Å²) >= 11 is 0. The van der Waals surface area contributed by atoms with Gasteiger partial charge in [-0.05, 0) is 54.7 Å². The molecule has 0 unspecified atom stereocenters. The van der Waals surface area contributed by atoms with E-state index in [0.717, 1.165) is 47.0 Å². The number of methoxy groups -OCH3 is 1. The molecule has 0 fully saturated rings. The molecule has 4 nitrogen and oxygen atoms in total. The molecule has 0 saturated carbocycles. The van der Waals surface area contributed by atoms with E-state index in [2.05, 4.69) is 41.6 Å². The molecule has 1 aromatic heterocycles. The summed E-state index contributed by atoms with van der Waals surface area (Å²) in [5.74, 6) is 2.03. The lowest BCUT2D eigenvalue weighted by Gasteiger charge is -2.15. The van der Waals surface area contributed by atoms with Crippen LogP contribution < -0.4 is 4.74 Å². The van der Waals surface area contributed by atoms with Gasteiger partial charge in [-0.3, -0.25) is 0 Å². The largest absolute Gasteiger partial charge is 0.497 e. The van der Waals surface area contributed by atoms with Gasteiger partial charge in [0, 0.05) is 12.1 Å². The molecule has 0 spiro atoms. The van der Waals surface area contributed by atoms with Crippen LogP contribution >= 0.6 is 0 Å². The van der Waals surface area contributed by atoms with E-state index in [9.17, 15) is 0 Å². The molecule has 0 amide bonds. The van der Waals surface area contributed by atoms with Gasteiger partial charge in [-0.25, -0.2) is 4.99 Å². The van der Waals surface area contributed by atoms with Gasteiger partial charge in [0.1, 0.15) is 17.1 Å². The van der Waals surface area contributed by atoms with E-state index in [1.54, 1.807) is 7.11 Å². The second-order valence-electron chi connectivity index (χ2n) is 6.34. The van der Waals surface area contributed by atoms with Gasteiger partial charge in [0.2, 0.25) is 0 Å². The standard InChI is InChI=1S/C21H20N2O2/c1-14-21-20(25-23-14)13-17(15-6-4-3-5-7-15)12-19(22-21)16-8-10-18(24-2)11-9-16/h3-11,17H,12-13H2,1-2H3/t17-/m1/s1. The minimum absolute atomic E-state index is 0.315. The van der Waals surface area contributed by atoms with Crippen LogP contribution in [0, 0.1) is 6.92 Å². The molecule has 1 atom stereocenters. The van der Waals surface area contributed by atoms with Gasteiger partial charge in [0.25, 0.3) is 0 Å². The minimum atomic E-state index is 0.315. The van der Waals surface area contributed by atoms with Crippen molar-refractivity contribution < 1.29 is 9.26 Å². The first kappa shape index (κ1) is 15.6. The molecule has 2 heterocycles. The first-order valence-corrected chi connectivity index (χ1v) is 8.46. The fourth-order valence-electron chi connectivity index (χ4n) is 3.33. The lowest BCUT2D eigenvalue weighted by atomic mass is 9.88. The van der Waals surface area contributed by atoms with Crippen LogP contribution in [0.5, 0.6) is 5.75 Å². The van der Waals surface area contributed by atoms with Gasteiger partial charge in [-0.1, -0.05) is 35.5 Å². The zero-order valence-electron chi connectivity index (χ0n) is 14.4. The molecule has 0 aliphatic carbocycles. The molecule has 126 valence electrons. The lowest BCUT2D eigenvalue weighted by Crippen LogP contribution is -2.09. The van der Waals surface area contributed by atoms with Crippen LogP contribution in [0.25, 0.3) is 0 Å². The molecule has 0 radical (unpaired) electrons. The Balaban J connectivity index is 1.78. The first-order chi connectivity index (χ1) is 12.2. The number of hydrogen-bond acceptors (Lipinski definition) is 4. The van der Waals surface area contributed by atoms with Crippen molar-refractivity contribution in [2.75, 3.05) is 7.11 Å². The summed E-state index contributed by atoms with van der Waals surface area (Å²) in [5, 5.41) is 4.12. The van der Waals surface area contributed by atoms with Crippen molar-refractivity contribution in [2.24, 2.45) is 4.99 Å². The molecule has 2 aromatic carbocycles. The SMILES string of the molecule is COc1ccc(C2=Nc3c(C)noc3C[C@H](c3ccccc3)C2)cc1. The Morgan fingerprint density at radius 2 is 1.76 bits per heavy atom. The molecule has 0 saturated heterocycles. The van der Waals surface area contributed by atoms with E-state index in [1.807, 2.05) is 25.1 Å². The Morgan fingerprint density at radius 1 is 1.00 bits per heavy atom. The summed E-state index contributed by atoms with van der Waals surface area (Å²) < 4.78 is 10.8. The molecular formula is C21H20N2O2. The van der Waals surface area contributed by atoms with Crippen LogP contribution in [0.4, 0.5) is 5.69 Å². The molecule has 1 aliphatic rings. The Bertz CT molecular complexity index is 895. The molecular weight excluding hydrogens is 312 g/mol. The number of aromatic nitrogens is 1. The second-order valence-corrected chi connectivity index (χ2v) is 6.34. The highest BCUT2D eigenvalue weighted by Gasteiger charge is 2.25. The van der Waals surface area contributed by atoms with Crippen molar-refractivity contribution in [1.29, 1.82) is 0 Å². The van der Waals surface area contributed by atoms with E-state index < -0.39 is 0 Å². The maximum atomic E-state index is 5.56. The van der Waals surface area contributed by atoms with Crippen LogP contribution in [-0.4, -0.2) is 18.0 Å². The maximum Gasteiger partial charge on any atom is 0.163 e. The summed E-state index contributed by atoms with van der Waals surface area (Å²) in [6, 6.07) is 18.6. The van der Waals surface area contributed by atoms with Gasteiger partial charge in [0.05, 0.1) is 7.11 Å². The summed E-state index contributed by atoms with van der Waals surface area (Å²) in [5.41, 5.74) is 5.18. The normalized spacial score (nSPS) is 16.7. The summed E-state index contributed by atoms with van der Waals surface area (Å²) in [6.07, 6.45) is 1.67. The monoisotopic (exact) mass is 332 g/mol. The summed E-state index contributed by atoms with van der Waals surface area (Å²) in [7, 11) is 1.68. The molecule has 4 heteroatoms.